The van der Waals surface area contributed by atoms with Gasteiger partial charge in [0.15, 0.2) is 0 Å². The predicted molar refractivity (Wildman–Crippen MR) is 92.6 cm³/mol. The molecular formula is C17H18N4O2S. The van der Waals surface area contributed by atoms with Gasteiger partial charge in [0.05, 0.1) is 11.8 Å². The highest BCUT2D eigenvalue weighted by Crippen LogP contribution is 2.19. The summed E-state index contributed by atoms with van der Waals surface area (Å²) < 4.78 is 7.26. The van der Waals surface area contributed by atoms with Crippen molar-refractivity contribution in [2.75, 3.05) is 12.4 Å². The molecule has 0 unspecified atom stereocenters. The molecule has 2 aromatic carbocycles. The minimum absolute atomic E-state index is 0.226. The molecule has 0 fully saturated rings. The van der Waals surface area contributed by atoms with Crippen molar-refractivity contribution in [1.82, 2.24) is 20.2 Å². The van der Waals surface area contributed by atoms with Crippen LogP contribution in [0.15, 0.2) is 59.8 Å². The number of aromatic nitrogens is 4. The van der Waals surface area contributed by atoms with Crippen LogP contribution in [0, 0.1) is 6.92 Å². The first-order valence-electron chi connectivity index (χ1n) is 7.56. The molecule has 1 N–H and O–H groups in total. The zero-order chi connectivity index (χ0) is 16.8. The van der Waals surface area contributed by atoms with Crippen LogP contribution < -0.4 is 4.74 Å². The molecule has 0 saturated heterocycles. The van der Waals surface area contributed by atoms with Crippen molar-refractivity contribution < 1.29 is 9.84 Å². The van der Waals surface area contributed by atoms with Crippen molar-refractivity contribution >= 4 is 11.8 Å². The summed E-state index contributed by atoms with van der Waals surface area (Å²) in [6.45, 7) is 2.23. The highest BCUT2D eigenvalue weighted by atomic mass is 32.2. The molecule has 7 heteroatoms. The number of tetrazole rings is 1. The fourth-order valence-electron chi connectivity index (χ4n) is 2.12. The van der Waals surface area contributed by atoms with Crippen molar-refractivity contribution in [3.63, 3.8) is 0 Å². The van der Waals surface area contributed by atoms with E-state index in [1.54, 1.807) is 4.68 Å². The number of rotatable bonds is 7. The molecule has 3 aromatic rings. The minimum Gasteiger partial charge on any atom is -0.491 e. The molecule has 0 bridgehead atoms. The molecule has 0 spiro atoms. The summed E-state index contributed by atoms with van der Waals surface area (Å²) in [5, 5.41) is 22.5. The van der Waals surface area contributed by atoms with Crippen LogP contribution in [0.25, 0.3) is 5.69 Å². The topological polar surface area (TPSA) is 73.1 Å². The van der Waals surface area contributed by atoms with E-state index in [4.69, 9.17) is 4.74 Å². The lowest BCUT2D eigenvalue weighted by atomic mass is 10.2. The highest BCUT2D eigenvalue weighted by Gasteiger charge is 2.12. The minimum atomic E-state index is -0.614. The largest absolute Gasteiger partial charge is 0.491 e. The maximum atomic E-state index is 10.1. The van der Waals surface area contributed by atoms with Crippen LogP contribution in [0.3, 0.4) is 0 Å². The molecule has 0 aliphatic rings. The number of aliphatic hydroxyl groups excluding tert-OH is 1. The fraction of sp³-hybridized carbons (Fsp3) is 0.235. The van der Waals surface area contributed by atoms with Gasteiger partial charge in [-0.15, -0.1) is 5.10 Å². The Kier molecular flexibility index (Phi) is 5.45. The zero-order valence-electron chi connectivity index (χ0n) is 13.2. The van der Waals surface area contributed by atoms with Crippen LogP contribution in [-0.4, -0.2) is 43.8 Å². The van der Waals surface area contributed by atoms with E-state index in [2.05, 4.69) is 15.5 Å². The van der Waals surface area contributed by atoms with Crippen molar-refractivity contribution in [2.45, 2.75) is 18.2 Å². The molecule has 0 amide bonds. The summed E-state index contributed by atoms with van der Waals surface area (Å²) in [6, 6.07) is 17.4. The van der Waals surface area contributed by atoms with E-state index in [0.29, 0.717) is 10.9 Å². The van der Waals surface area contributed by atoms with Crippen molar-refractivity contribution in [1.29, 1.82) is 0 Å². The molecule has 124 valence electrons. The number of benzene rings is 2. The molecule has 0 saturated carbocycles. The van der Waals surface area contributed by atoms with E-state index in [9.17, 15) is 5.11 Å². The summed E-state index contributed by atoms with van der Waals surface area (Å²) in [6.07, 6.45) is -0.614. The quantitative estimate of drug-likeness (QED) is 0.665. The number of hydrogen-bond acceptors (Lipinski definition) is 6. The molecule has 24 heavy (non-hydrogen) atoms. The molecule has 1 heterocycles. The average Bonchev–Trinajstić information content (AvgIpc) is 3.07. The number of ether oxygens (including phenoxy) is 1. The van der Waals surface area contributed by atoms with Crippen molar-refractivity contribution in [3.8, 4) is 11.4 Å². The highest BCUT2D eigenvalue weighted by molar-refractivity contribution is 7.99. The fourth-order valence-corrected chi connectivity index (χ4v) is 2.91. The van der Waals surface area contributed by atoms with Gasteiger partial charge in [0.2, 0.25) is 5.16 Å². The van der Waals surface area contributed by atoms with Crippen molar-refractivity contribution in [3.05, 3.63) is 60.2 Å². The second-order valence-electron chi connectivity index (χ2n) is 5.30. The zero-order valence-corrected chi connectivity index (χ0v) is 14.1. The maximum absolute atomic E-state index is 10.1. The Morgan fingerprint density at radius 3 is 2.79 bits per heavy atom. The van der Waals surface area contributed by atoms with Gasteiger partial charge < -0.3 is 9.84 Å². The lowest BCUT2D eigenvalue weighted by Crippen LogP contribution is -2.20. The van der Waals surface area contributed by atoms with E-state index < -0.39 is 6.10 Å². The van der Waals surface area contributed by atoms with Crippen LogP contribution in [0.4, 0.5) is 0 Å². The molecule has 6 nitrogen and oxygen atoms in total. The predicted octanol–water partition coefficient (Wildman–Crippen LogP) is 2.50. The molecule has 0 aliphatic carbocycles. The molecule has 0 radical (unpaired) electrons. The van der Waals surface area contributed by atoms with E-state index in [1.807, 2.05) is 61.5 Å². The van der Waals surface area contributed by atoms with Gasteiger partial charge in [-0.05, 0) is 47.2 Å². The van der Waals surface area contributed by atoms with Gasteiger partial charge in [-0.3, -0.25) is 0 Å². The van der Waals surface area contributed by atoms with Gasteiger partial charge in [-0.25, -0.2) is 0 Å². The third-order valence-corrected chi connectivity index (χ3v) is 4.34. The average molecular weight is 342 g/mol. The van der Waals surface area contributed by atoms with Crippen LogP contribution in [-0.2, 0) is 0 Å². The summed E-state index contributed by atoms with van der Waals surface area (Å²) in [7, 11) is 0. The number of nitrogens with zero attached hydrogens (tertiary/aromatic N) is 4. The maximum Gasteiger partial charge on any atom is 0.214 e. The molecule has 3 rings (SSSR count). The SMILES string of the molecule is Cc1cccc(OC[C@H](O)CSc2nnnn2-c2ccccc2)c1. The number of thioether (sulfide) groups is 1. The summed E-state index contributed by atoms with van der Waals surface area (Å²) >= 11 is 1.39. The standard InChI is InChI=1S/C17H18N4O2S/c1-13-6-5-9-16(10-13)23-11-15(22)12-24-17-18-19-20-21(17)14-7-3-2-4-8-14/h2-10,15,22H,11-12H2,1H3/t15-/m0/s1. The van der Waals surface area contributed by atoms with E-state index >= 15 is 0 Å². The Balaban J connectivity index is 1.54. The van der Waals surface area contributed by atoms with E-state index in [-0.39, 0.29) is 6.61 Å². The Morgan fingerprint density at radius 1 is 1.17 bits per heavy atom. The monoisotopic (exact) mass is 342 g/mol. The van der Waals surface area contributed by atoms with Gasteiger partial charge in [-0.1, -0.05) is 42.1 Å². The second-order valence-corrected chi connectivity index (χ2v) is 6.29. The Morgan fingerprint density at radius 2 is 2.00 bits per heavy atom. The van der Waals surface area contributed by atoms with Crippen molar-refractivity contribution in [2.24, 2.45) is 0 Å². The van der Waals surface area contributed by atoms with Gasteiger partial charge in [-0.2, -0.15) is 4.68 Å². The number of hydrogen-bond donors (Lipinski definition) is 1. The van der Waals surface area contributed by atoms with Crippen LogP contribution >= 0.6 is 11.8 Å². The van der Waals surface area contributed by atoms with Gasteiger partial charge >= 0.3 is 0 Å². The summed E-state index contributed by atoms with van der Waals surface area (Å²) in [4.78, 5) is 0. The molecule has 1 aromatic heterocycles. The van der Waals surface area contributed by atoms with Crippen LogP contribution in [0.1, 0.15) is 5.56 Å². The number of para-hydroxylation sites is 1. The molecule has 1 atom stereocenters. The first-order chi connectivity index (χ1) is 11.7. The molecule has 0 aliphatic heterocycles. The van der Waals surface area contributed by atoms with Gasteiger partial charge in [0.25, 0.3) is 0 Å². The van der Waals surface area contributed by atoms with E-state index in [1.165, 1.54) is 11.8 Å². The smallest absolute Gasteiger partial charge is 0.214 e. The lowest BCUT2D eigenvalue weighted by molar-refractivity contribution is 0.126. The summed E-state index contributed by atoms with van der Waals surface area (Å²) in [5.41, 5.74) is 2.01. The second kappa shape index (κ2) is 7.94. The van der Waals surface area contributed by atoms with Gasteiger partial charge in [0.1, 0.15) is 12.4 Å². The van der Waals surface area contributed by atoms with Gasteiger partial charge in [0, 0.05) is 5.75 Å². The molecular weight excluding hydrogens is 324 g/mol. The Hall–Kier alpha value is -2.38. The Labute approximate surface area is 144 Å². The van der Waals surface area contributed by atoms with Crippen LogP contribution in [0.2, 0.25) is 0 Å². The number of aryl methyl sites for hydroxylation is 1. The van der Waals surface area contributed by atoms with Crippen LogP contribution in [0.5, 0.6) is 5.75 Å². The normalized spacial score (nSPS) is 12.1. The first kappa shape index (κ1) is 16.5. The van der Waals surface area contributed by atoms with E-state index in [0.717, 1.165) is 17.0 Å². The number of aliphatic hydroxyl groups is 1. The third kappa shape index (κ3) is 4.33. The lowest BCUT2D eigenvalue weighted by Gasteiger charge is -2.12. The first-order valence-corrected chi connectivity index (χ1v) is 8.55. The Bertz CT molecular complexity index is 779. The summed E-state index contributed by atoms with van der Waals surface area (Å²) in [5.74, 6) is 1.20. The third-order valence-electron chi connectivity index (χ3n) is 3.28.